The van der Waals surface area contributed by atoms with Crippen LogP contribution in [-0.4, -0.2) is 37.3 Å². The van der Waals surface area contributed by atoms with E-state index in [0.717, 1.165) is 31.6 Å². The topological polar surface area (TPSA) is 15.3 Å². The quantitative estimate of drug-likeness (QED) is 0.818. The zero-order valence-corrected chi connectivity index (χ0v) is 11.4. The largest absolute Gasteiger partial charge is 0.405 e. The first-order chi connectivity index (χ1) is 8.94. The first-order valence-electron chi connectivity index (χ1n) is 6.56. The monoisotopic (exact) mass is 274 g/mol. The first kappa shape index (κ1) is 15.8. The van der Waals surface area contributed by atoms with Crippen LogP contribution in [0.2, 0.25) is 0 Å². The molecular formula is C14H21F3N2. The average molecular weight is 274 g/mol. The normalized spacial score (nSPS) is 11.9. The van der Waals surface area contributed by atoms with Gasteiger partial charge in [-0.15, -0.1) is 0 Å². The number of hydrogen-bond acceptors (Lipinski definition) is 2. The molecule has 5 heteroatoms. The molecule has 0 amide bonds. The molecule has 0 unspecified atom stereocenters. The lowest BCUT2D eigenvalue weighted by atomic mass is 10.1. The summed E-state index contributed by atoms with van der Waals surface area (Å²) in [6.45, 7) is 6.25. The molecule has 0 bridgehead atoms. The van der Waals surface area contributed by atoms with Crippen LogP contribution in [0.15, 0.2) is 24.3 Å². The van der Waals surface area contributed by atoms with Gasteiger partial charge in [0.1, 0.15) is 6.54 Å². The van der Waals surface area contributed by atoms with Crippen molar-refractivity contribution in [3.05, 3.63) is 29.8 Å². The molecule has 1 aromatic carbocycles. The van der Waals surface area contributed by atoms with E-state index < -0.39 is 12.7 Å². The van der Waals surface area contributed by atoms with Gasteiger partial charge in [0.25, 0.3) is 0 Å². The predicted octanol–water partition coefficient (Wildman–Crippen LogP) is 3.55. The zero-order valence-electron chi connectivity index (χ0n) is 11.4. The van der Waals surface area contributed by atoms with Gasteiger partial charge >= 0.3 is 6.18 Å². The second-order valence-electron chi connectivity index (χ2n) is 4.44. The molecular weight excluding hydrogens is 253 g/mol. The zero-order chi connectivity index (χ0) is 14.3. The number of alkyl halides is 3. The van der Waals surface area contributed by atoms with E-state index in [2.05, 4.69) is 24.1 Å². The molecule has 0 heterocycles. The molecule has 108 valence electrons. The Morgan fingerprint density at radius 1 is 1.05 bits per heavy atom. The summed E-state index contributed by atoms with van der Waals surface area (Å²) >= 11 is 0. The van der Waals surface area contributed by atoms with Gasteiger partial charge in [-0.1, -0.05) is 26.0 Å². The number of rotatable bonds is 7. The summed E-state index contributed by atoms with van der Waals surface area (Å²) in [6.07, 6.45) is -3.26. The summed E-state index contributed by atoms with van der Waals surface area (Å²) < 4.78 is 36.1. The van der Waals surface area contributed by atoms with Crippen LogP contribution < -0.4 is 5.32 Å². The number of benzene rings is 1. The van der Waals surface area contributed by atoms with Crippen molar-refractivity contribution in [1.29, 1.82) is 0 Å². The SMILES string of the molecule is CCN(CC)CCc1ccc(NCC(F)(F)F)cc1. The van der Waals surface area contributed by atoms with Crippen LogP contribution in [0.1, 0.15) is 19.4 Å². The molecule has 1 N–H and O–H groups in total. The second-order valence-corrected chi connectivity index (χ2v) is 4.44. The number of nitrogens with one attached hydrogen (secondary N) is 1. The Kier molecular flexibility index (Phi) is 6.15. The van der Waals surface area contributed by atoms with E-state index >= 15 is 0 Å². The molecule has 0 saturated carbocycles. The van der Waals surface area contributed by atoms with Gasteiger partial charge in [-0.05, 0) is 37.2 Å². The van der Waals surface area contributed by atoms with Gasteiger partial charge in [0, 0.05) is 12.2 Å². The van der Waals surface area contributed by atoms with Gasteiger partial charge in [0.05, 0.1) is 0 Å². The standard InChI is InChI=1S/C14H21F3N2/c1-3-19(4-2)10-9-12-5-7-13(8-6-12)18-11-14(15,16)17/h5-8,18H,3-4,9-11H2,1-2H3. The molecule has 1 rings (SSSR count). The Morgan fingerprint density at radius 3 is 2.11 bits per heavy atom. The van der Waals surface area contributed by atoms with Crippen molar-refractivity contribution >= 4 is 5.69 Å². The Balaban J connectivity index is 2.43. The van der Waals surface area contributed by atoms with Crippen LogP contribution in [0.5, 0.6) is 0 Å². The minimum atomic E-state index is -4.18. The maximum atomic E-state index is 12.0. The van der Waals surface area contributed by atoms with Gasteiger partial charge < -0.3 is 10.2 Å². The Labute approximate surface area is 112 Å². The molecule has 0 aliphatic heterocycles. The summed E-state index contributed by atoms with van der Waals surface area (Å²) in [6, 6.07) is 7.15. The lowest BCUT2D eigenvalue weighted by molar-refractivity contribution is -0.115. The molecule has 0 spiro atoms. The number of hydrogen-bond donors (Lipinski definition) is 1. The molecule has 0 radical (unpaired) electrons. The molecule has 0 aromatic heterocycles. The number of anilines is 1. The minimum absolute atomic E-state index is 0.504. The number of nitrogens with zero attached hydrogens (tertiary/aromatic N) is 1. The van der Waals surface area contributed by atoms with E-state index in [1.54, 1.807) is 12.1 Å². The number of likely N-dealkylation sites (N-methyl/N-ethyl adjacent to an activating group) is 1. The first-order valence-corrected chi connectivity index (χ1v) is 6.56. The van der Waals surface area contributed by atoms with Gasteiger partial charge in [-0.25, -0.2) is 0 Å². The van der Waals surface area contributed by atoms with E-state index in [-0.39, 0.29) is 0 Å². The van der Waals surface area contributed by atoms with Crippen molar-refractivity contribution in [2.75, 3.05) is 31.5 Å². The molecule has 19 heavy (non-hydrogen) atoms. The number of halogens is 3. The summed E-state index contributed by atoms with van der Waals surface area (Å²) in [4.78, 5) is 2.32. The van der Waals surface area contributed by atoms with Crippen LogP contribution in [0.25, 0.3) is 0 Å². The fourth-order valence-electron chi connectivity index (χ4n) is 1.82. The van der Waals surface area contributed by atoms with Gasteiger partial charge in [-0.2, -0.15) is 13.2 Å². The average Bonchev–Trinajstić information content (AvgIpc) is 2.38. The Hall–Kier alpha value is -1.23. The van der Waals surface area contributed by atoms with Crippen molar-refractivity contribution in [2.45, 2.75) is 26.4 Å². The molecule has 1 aromatic rings. The summed E-state index contributed by atoms with van der Waals surface area (Å²) in [5.74, 6) is 0. The van der Waals surface area contributed by atoms with Crippen LogP contribution in [0.3, 0.4) is 0 Å². The Bertz CT molecular complexity index is 356. The highest BCUT2D eigenvalue weighted by Gasteiger charge is 2.26. The van der Waals surface area contributed by atoms with Crippen molar-refractivity contribution in [3.63, 3.8) is 0 Å². The lowest BCUT2D eigenvalue weighted by Crippen LogP contribution is -2.25. The van der Waals surface area contributed by atoms with Gasteiger partial charge in [0.15, 0.2) is 0 Å². The van der Waals surface area contributed by atoms with Gasteiger partial charge in [0.2, 0.25) is 0 Å². The van der Waals surface area contributed by atoms with E-state index in [0.29, 0.717) is 5.69 Å². The summed E-state index contributed by atoms with van der Waals surface area (Å²) in [7, 11) is 0. The highest BCUT2D eigenvalue weighted by atomic mass is 19.4. The summed E-state index contributed by atoms with van der Waals surface area (Å²) in [5.41, 5.74) is 1.65. The fraction of sp³-hybridized carbons (Fsp3) is 0.571. The molecule has 0 aliphatic carbocycles. The highest BCUT2D eigenvalue weighted by Crippen LogP contribution is 2.17. The van der Waals surface area contributed by atoms with E-state index in [1.165, 1.54) is 0 Å². The van der Waals surface area contributed by atoms with Crippen LogP contribution in [-0.2, 0) is 6.42 Å². The van der Waals surface area contributed by atoms with Crippen LogP contribution >= 0.6 is 0 Å². The van der Waals surface area contributed by atoms with E-state index in [1.807, 2.05) is 12.1 Å². The lowest BCUT2D eigenvalue weighted by Gasteiger charge is -2.17. The van der Waals surface area contributed by atoms with Crippen molar-refractivity contribution in [1.82, 2.24) is 4.90 Å². The molecule has 2 nitrogen and oxygen atoms in total. The highest BCUT2D eigenvalue weighted by molar-refractivity contribution is 5.44. The fourth-order valence-corrected chi connectivity index (χ4v) is 1.82. The third-order valence-electron chi connectivity index (χ3n) is 3.06. The van der Waals surface area contributed by atoms with Crippen LogP contribution in [0.4, 0.5) is 18.9 Å². The van der Waals surface area contributed by atoms with Gasteiger partial charge in [-0.3, -0.25) is 0 Å². The molecule has 0 atom stereocenters. The van der Waals surface area contributed by atoms with Crippen LogP contribution in [0, 0.1) is 0 Å². The molecule has 0 saturated heterocycles. The Morgan fingerprint density at radius 2 is 1.63 bits per heavy atom. The van der Waals surface area contributed by atoms with E-state index in [4.69, 9.17) is 0 Å². The van der Waals surface area contributed by atoms with Crippen molar-refractivity contribution in [2.24, 2.45) is 0 Å². The van der Waals surface area contributed by atoms with E-state index in [9.17, 15) is 13.2 Å². The smallest absolute Gasteiger partial charge is 0.376 e. The third kappa shape index (κ3) is 6.47. The minimum Gasteiger partial charge on any atom is -0.376 e. The second kappa shape index (κ2) is 7.38. The molecule has 0 aliphatic rings. The molecule has 0 fully saturated rings. The maximum absolute atomic E-state index is 12.0. The maximum Gasteiger partial charge on any atom is 0.405 e. The summed E-state index contributed by atoms with van der Waals surface area (Å²) in [5, 5.41) is 2.36. The predicted molar refractivity (Wildman–Crippen MR) is 72.5 cm³/mol. The third-order valence-corrected chi connectivity index (χ3v) is 3.06. The van der Waals surface area contributed by atoms with Crippen molar-refractivity contribution in [3.8, 4) is 0 Å². The van der Waals surface area contributed by atoms with Crippen molar-refractivity contribution < 1.29 is 13.2 Å².